The number of rotatable bonds is 6. The first-order valence-electron chi connectivity index (χ1n) is 9.15. The topological polar surface area (TPSA) is 21.7 Å². The van der Waals surface area contributed by atoms with Crippen LogP contribution in [0, 0.1) is 5.92 Å². The van der Waals surface area contributed by atoms with Crippen molar-refractivity contribution in [1.82, 2.24) is 4.90 Å². The molecule has 1 aliphatic heterocycles. The van der Waals surface area contributed by atoms with Gasteiger partial charge in [0.15, 0.2) is 0 Å². The van der Waals surface area contributed by atoms with Crippen molar-refractivity contribution in [3.8, 4) is 0 Å². The molecule has 0 aromatic rings. The third-order valence-corrected chi connectivity index (χ3v) is 3.13. The van der Waals surface area contributed by atoms with Crippen molar-refractivity contribution in [3.05, 3.63) is 0 Å². The van der Waals surface area contributed by atoms with Gasteiger partial charge < -0.3 is 14.4 Å². The summed E-state index contributed by atoms with van der Waals surface area (Å²) < 4.78 is 11.4. The lowest BCUT2D eigenvalue weighted by molar-refractivity contribution is -0.0532. The van der Waals surface area contributed by atoms with Crippen molar-refractivity contribution >= 4 is 0 Å². The van der Waals surface area contributed by atoms with Crippen LogP contribution in [0.15, 0.2) is 0 Å². The largest absolute Gasteiger partial charge is 0.381 e. The Morgan fingerprint density at radius 3 is 2.05 bits per heavy atom. The van der Waals surface area contributed by atoms with E-state index in [4.69, 9.17) is 9.47 Å². The van der Waals surface area contributed by atoms with Crippen LogP contribution in [0.3, 0.4) is 0 Å². The summed E-state index contributed by atoms with van der Waals surface area (Å²) in [6.45, 7) is 21.0. The normalized spacial score (nSPS) is 18.3. The summed E-state index contributed by atoms with van der Waals surface area (Å²) in [6.07, 6.45) is 2.78. The standard InChI is InChI=1S/C12H25NO2.3C2H6/c1-4-13(3)9-12(15-5-2)11-7-6-8-14-10-11;3*1-2/h11-12H,4-10H2,1-3H3;3*1-2H3. The lowest BCUT2D eigenvalue weighted by atomic mass is 9.95. The highest BCUT2D eigenvalue weighted by atomic mass is 16.5. The zero-order chi connectivity index (χ0) is 17.1. The number of ether oxygens (including phenoxy) is 2. The quantitative estimate of drug-likeness (QED) is 0.700. The molecule has 1 saturated heterocycles. The molecule has 1 aliphatic rings. The summed E-state index contributed by atoms with van der Waals surface area (Å²) in [5, 5.41) is 0. The van der Waals surface area contributed by atoms with E-state index in [0.29, 0.717) is 12.0 Å². The van der Waals surface area contributed by atoms with Crippen molar-refractivity contribution in [1.29, 1.82) is 0 Å². The van der Waals surface area contributed by atoms with Gasteiger partial charge in [-0.15, -0.1) is 0 Å². The lowest BCUT2D eigenvalue weighted by Gasteiger charge is -2.32. The van der Waals surface area contributed by atoms with Crippen LogP contribution in [0.25, 0.3) is 0 Å². The van der Waals surface area contributed by atoms with Gasteiger partial charge in [0, 0.05) is 25.7 Å². The van der Waals surface area contributed by atoms with Crippen LogP contribution in [0.4, 0.5) is 0 Å². The van der Waals surface area contributed by atoms with Crippen LogP contribution >= 0.6 is 0 Å². The van der Waals surface area contributed by atoms with Gasteiger partial charge in [-0.25, -0.2) is 0 Å². The number of hydrogen-bond acceptors (Lipinski definition) is 3. The van der Waals surface area contributed by atoms with Gasteiger partial charge in [-0.1, -0.05) is 48.5 Å². The Balaban J connectivity index is -0.000000478. The molecule has 2 unspecified atom stereocenters. The molecule has 1 rings (SSSR count). The molecule has 0 amide bonds. The van der Waals surface area contributed by atoms with Gasteiger partial charge in [-0.05, 0) is 33.4 Å². The van der Waals surface area contributed by atoms with E-state index in [9.17, 15) is 0 Å². The molecule has 0 radical (unpaired) electrons. The van der Waals surface area contributed by atoms with Crippen molar-refractivity contribution in [2.75, 3.05) is 40.0 Å². The minimum Gasteiger partial charge on any atom is -0.381 e. The van der Waals surface area contributed by atoms with Gasteiger partial charge in [-0.3, -0.25) is 0 Å². The maximum absolute atomic E-state index is 5.83. The average molecular weight is 306 g/mol. The second-order valence-electron chi connectivity index (χ2n) is 4.33. The first-order chi connectivity index (χ1) is 10.3. The highest BCUT2D eigenvalue weighted by Gasteiger charge is 2.25. The van der Waals surface area contributed by atoms with Gasteiger partial charge in [0.25, 0.3) is 0 Å². The molecule has 1 fully saturated rings. The van der Waals surface area contributed by atoms with Crippen LogP contribution in [0.1, 0.15) is 68.2 Å². The minimum absolute atomic E-state index is 0.347. The van der Waals surface area contributed by atoms with E-state index in [0.717, 1.165) is 32.9 Å². The summed E-state index contributed by atoms with van der Waals surface area (Å²) in [7, 11) is 2.15. The zero-order valence-corrected chi connectivity index (χ0v) is 16.4. The van der Waals surface area contributed by atoms with Crippen molar-refractivity contribution < 1.29 is 9.47 Å². The fourth-order valence-electron chi connectivity index (χ4n) is 2.05. The zero-order valence-electron chi connectivity index (χ0n) is 16.4. The maximum Gasteiger partial charge on any atom is 0.0751 e. The van der Waals surface area contributed by atoms with E-state index < -0.39 is 0 Å². The molecule has 3 nitrogen and oxygen atoms in total. The molecule has 0 N–H and O–H groups in total. The molecule has 1 heterocycles. The van der Waals surface area contributed by atoms with Crippen molar-refractivity contribution in [3.63, 3.8) is 0 Å². The molecule has 0 spiro atoms. The molecule has 3 heteroatoms. The Hall–Kier alpha value is -0.120. The van der Waals surface area contributed by atoms with Gasteiger partial charge in [0.05, 0.1) is 12.7 Å². The summed E-state index contributed by atoms with van der Waals surface area (Å²) >= 11 is 0. The average Bonchev–Trinajstić information content (AvgIpc) is 2.60. The summed E-state index contributed by atoms with van der Waals surface area (Å²) in [5.74, 6) is 0.590. The Morgan fingerprint density at radius 1 is 1.10 bits per heavy atom. The molecule has 0 bridgehead atoms. The van der Waals surface area contributed by atoms with Crippen LogP contribution in [0.5, 0.6) is 0 Å². The predicted octanol–water partition coefficient (Wildman–Crippen LogP) is 4.85. The van der Waals surface area contributed by atoms with Gasteiger partial charge >= 0.3 is 0 Å². The van der Waals surface area contributed by atoms with E-state index in [1.807, 2.05) is 41.5 Å². The smallest absolute Gasteiger partial charge is 0.0751 e. The van der Waals surface area contributed by atoms with Crippen LogP contribution in [0.2, 0.25) is 0 Å². The first-order valence-corrected chi connectivity index (χ1v) is 9.15. The highest BCUT2D eigenvalue weighted by Crippen LogP contribution is 2.20. The van der Waals surface area contributed by atoms with Crippen LogP contribution in [-0.4, -0.2) is 51.0 Å². The fraction of sp³-hybridized carbons (Fsp3) is 1.00. The summed E-state index contributed by atoms with van der Waals surface area (Å²) in [5.41, 5.74) is 0. The maximum atomic E-state index is 5.83. The lowest BCUT2D eigenvalue weighted by Crippen LogP contribution is -2.39. The SMILES string of the molecule is CC.CC.CC.CCOC(CN(C)CC)C1CCCOC1. The second-order valence-corrected chi connectivity index (χ2v) is 4.33. The van der Waals surface area contributed by atoms with Crippen LogP contribution in [-0.2, 0) is 9.47 Å². The molecule has 0 saturated carbocycles. The van der Waals surface area contributed by atoms with Gasteiger partial charge in [-0.2, -0.15) is 0 Å². The molecule has 0 aliphatic carbocycles. The van der Waals surface area contributed by atoms with Gasteiger partial charge in [0.2, 0.25) is 0 Å². The summed E-state index contributed by atoms with van der Waals surface area (Å²) in [6, 6.07) is 0. The van der Waals surface area contributed by atoms with E-state index in [1.165, 1.54) is 12.8 Å². The second kappa shape index (κ2) is 22.2. The first kappa shape index (κ1) is 25.8. The van der Waals surface area contributed by atoms with Gasteiger partial charge in [0.1, 0.15) is 0 Å². The Kier molecular flexibility index (Phi) is 27.2. The van der Waals surface area contributed by atoms with Crippen LogP contribution < -0.4 is 0 Å². The Morgan fingerprint density at radius 2 is 1.67 bits per heavy atom. The molecule has 132 valence electrons. The predicted molar refractivity (Wildman–Crippen MR) is 96.2 cm³/mol. The van der Waals surface area contributed by atoms with Crippen molar-refractivity contribution in [2.45, 2.75) is 74.3 Å². The fourth-order valence-corrected chi connectivity index (χ4v) is 2.05. The Labute approximate surface area is 135 Å². The molecule has 21 heavy (non-hydrogen) atoms. The third-order valence-electron chi connectivity index (χ3n) is 3.13. The number of hydrogen-bond donors (Lipinski definition) is 0. The monoisotopic (exact) mass is 305 g/mol. The highest BCUT2D eigenvalue weighted by molar-refractivity contribution is 4.75. The number of nitrogens with zero attached hydrogens (tertiary/aromatic N) is 1. The molecule has 2 atom stereocenters. The molecular weight excluding hydrogens is 262 g/mol. The summed E-state index contributed by atoms with van der Waals surface area (Å²) in [4.78, 5) is 2.31. The van der Waals surface area contributed by atoms with Crippen molar-refractivity contribution in [2.24, 2.45) is 5.92 Å². The molecule has 0 aromatic heterocycles. The minimum atomic E-state index is 0.347. The number of likely N-dealkylation sites (N-methyl/N-ethyl adjacent to an activating group) is 1. The third kappa shape index (κ3) is 14.6. The Bertz CT molecular complexity index is 159. The molecule has 0 aromatic carbocycles. The van der Waals surface area contributed by atoms with E-state index >= 15 is 0 Å². The van der Waals surface area contributed by atoms with E-state index in [-0.39, 0.29) is 0 Å². The van der Waals surface area contributed by atoms with E-state index in [2.05, 4.69) is 25.8 Å². The van der Waals surface area contributed by atoms with E-state index in [1.54, 1.807) is 0 Å². The molecular formula is C18H43NO2.